The van der Waals surface area contributed by atoms with E-state index in [1.165, 1.54) is 10.8 Å². The molecule has 0 aliphatic rings. The molecular weight excluding hydrogens is 276 g/mol. The van der Waals surface area contributed by atoms with E-state index in [1.54, 1.807) is 13.2 Å². The summed E-state index contributed by atoms with van der Waals surface area (Å²) in [6, 6.07) is 21.5. The number of methoxy groups -OCH3 is 1. The number of carbonyl (C=O) groups is 1. The van der Waals surface area contributed by atoms with Crippen molar-refractivity contribution in [3.63, 3.8) is 0 Å². The minimum atomic E-state index is 0.368. The minimum Gasteiger partial charge on any atom is -0.508 e. The van der Waals surface area contributed by atoms with Gasteiger partial charge in [0.25, 0.3) is 0 Å². The summed E-state index contributed by atoms with van der Waals surface area (Å²) in [4.78, 5) is 8.00. The third-order valence-electron chi connectivity index (χ3n) is 3.08. The number of rotatable bonds is 1. The number of ether oxygens (including phenoxy) is 1. The fourth-order valence-corrected chi connectivity index (χ4v) is 1.94. The molecule has 0 radical (unpaired) electrons. The molecule has 3 heteroatoms. The number of carbonyl (C=O) groups excluding carboxylic acids is 1. The number of aromatic hydroxyl groups is 1. The first kappa shape index (κ1) is 17.2. The van der Waals surface area contributed by atoms with Crippen LogP contribution in [0.25, 0.3) is 10.8 Å². The lowest BCUT2D eigenvalue weighted by Gasteiger charge is -2.03. The maximum atomic E-state index is 8.92. The predicted molar refractivity (Wildman–Crippen MR) is 90.5 cm³/mol. The van der Waals surface area contributed by atoms with Gasteiger partial charge in [0.05, 0.1) is 7.11 Å². The van der Waals surface area contributed by atoms with Gasteiger partial charge in [0.2, 0.25) is 0 Å². The third-order valence-corrected chi connectivity index (χ3v) is 3.08. The van der Waals surface area contributed by atoms with Gasteiger partial charge >= 0.3 is 0 Å². The van der Waals surface area contributed by atoms with Crippen molar-refractivity contribution in [1.82, 2.24) is 0 Å². The van der Waals surface area contributed by atoms with Crippen LogP contribution in [-0.4, -0.2) is 19.0 Å². The summed E-state index contributed by atoms with van der Waals surface area (Å²) in [5.41, 5.74) is 0.924. The molecular formula is C19H20O3. The van der Waals surface area contributed by atoms with Crippen molar-refractivity contribution in [2.45, 2.75) is 6.92 Å². The maximum absolute atomic E-state index is 8.92. The highest BCUT2D eigenvalue weighted by atomic mass is 16.5. The van der Waals surface area contributed by atoms with Crippen LogP contribution in [0.15, 0.2) is 66.7 Å². The molecule has 0 saturated carbocycles. The Morgan fingerprint density at radius 1 is 0.864 bits per heavy atom. The maximum Gasteiger partial charge on any atom is 0.126 e. The highest BCUT2D eigenvalue weighted by Crippen LogP contribution is 2.24. The van der Waals surface area contributed by atoms with E-state index in [0.717, 1.165) is 11.3 Å². The van der Waals surface area contributed by atoms with E-state index < -0.39 is 0 Å². The minimum absolute atomic E-state index is 0.368. The predicted octanol–water partition coefficient (Wildman–Crippen LogP) is 4.36. The van der Waals surface area contributed by atoms with Crippen LogP contribution in [0.4, 0.5) is 0 Å². The summed E-state index contributed by atoms with van der Waals surface area (Å²) in [6.07, 6.45) is 0. The van der Waals surface area contributed by atoms with Crippen LogP contribution >= 0.6 is 0 Å². The molecule has 114 valence electrons. The molecule has 3 aromatic carbocycles. The highest BCUT2D eigenvalue weighted by Gasteiger charge is 1.97. The van der Waals surface area contributed by atoms with Crippen molar-refractivity contribution < 1.29 is 14.6 Å². The molecule has 3 rings (SSSR count). The standard InChI is InChI=1S/C11H10O.C7H8O.CH2O/c1-12-11-8-4-6-9-5-2-3-7-10(9)11;1-6-4-2-3-5-7(6)8;1-2/h2-8H,1H3;2-5,8H,1H3;1H2. The number of para-hydroxylation sites is 1. The molecule has 3 nitrogen and oxygen atoms in total. The average molecular weight is 296 g/mol. The Hall–Kier alpha value is -2.81. The largest absolute Gasteiger partial charge is 0.508 e. The fourth-order valence-electron chi connectivity index (χ4n) is 1.94. The third kappa shape index (κ3) is 4.63. The second-order valence-electron chi connectivity index (χ2n) is 4.47. The van der Waals surface area contributed by atoms with Gasteiger partial charge in [0.15, 0.2) is 0 Å². The molecule has 0 aliphatic heterocycles. The number of hydrogen-bond donors (Lipinski definition) is 1. The SMILES string of the molecule is C=O.COc1cccc2ccccc12.Cc1ccccc1O. The number of hydrogen-bond acceptors (Lipinski definition) is 3. The molecule has 0 aliphatic carbocycles. The van der Waals surface area contributed by atoms with Crippen molar-refractivity contribution in [2.24, 2.45) is 0 Å². The summed E-state index contributed by atoms with van der Waals surface area (Å²) in [5, 5.41) is 11.3. The molecule has 0 heterocycles. The fraction of sp³-hybridized carbons (Fsp3) is 0.105. The quantitative estimate of drug-likeness (QED) is 0.725. The van der Waals surface area contributed by atoms with Gasteiger partial charge in [0.1, 0.15) is 18.3 Å². The second-order valence-corrected chi connectivity index (χ2v) is 4.47. The normalized spacial score (nSPS) is 9.00. The number of phenols is 1. The first-order chi connectivity index (χ1) is 10.7. The van der Waals surface area contributed by atoms with Crippen molar-refractivity contribution >= 4 is 17.6 Å². The molecule has 0 unspecified atom stereocenters. The van der Waals surface area contributed by atoms with E-state index in [2.05, 4.69) is 18.2 Å². The van der Waals surface area contributed by atoms with Gasteiger partial charge in [-0.15, -0.1) is 0 Å². The lowest BCUT2D eigenvalue weighted by atomic mass is 10.1. The van der Waals surface area contributed by atoms with Gasteiger partial charge in [-0.1, -0.05) is 54.6 Å². The van der Waals surface area contributed by atoms with Crippen LogP contribution in [0.1, 0.15) is 5.56 Å². The number of benzene rings is 3. The van der Waals surface area contributed by atoms with Crippen LogP contribution in [0, 0.1) is 6.92 Å². The van der Waals surface area contributed by atoms with Gasteiger partial charge in [-0.2, -0.15) is 0 Å². The molecule has 0 atom stereocenters. The Labute approximate surface area is 130 Å². The number of aryl methyl sites for hydroxylation is 1. The summed E-state index contributed by atoms with van der Waals surface area (Å²) in [5.74, 6) is 1.31. The van der Waals surface area contributed by atoms with Gasteiger partial charge in [-0.3, -0.25) is 0 Å². The van der Waals surface area contributed by atoms with Crippen LogP contribution in [0.5, 0.6) is 11.5 Å². The molecule has 0 saturated heterocycles. The summed E-state index contributed by atoms with van der Waals surface area (Å²) in [7, 11) is 1.70. The monoisotopic (exact) mass is 296 g/mol. The molecule has 22 heavy (non-hydrogen) atoms. The van der Waals surface area contributed by atoms with Gasteiger partial charge < -0.3 is 14.6 Å². The lowest BCUT2D eigenvalue weighted by molar-refractivity contribution is -0.0979. The first-order valence-electron chi connectivity index (χ1n) is 6.77. The van der Waals surface area contributed by atoms with E-state index in [-0.39, 0.29) is 0 Å². The second kappa shape index (κ2) is 9.19. The van der Waals surface area contributed by atoms with Crippen LogP contribution in [-0.2, 0) is 4.79 Å². The Kier molecular flexibility index (Phi) is 7.20. The number of phenolic OH excluding ortho intramolecular Hbond substituents is 1. The average Bonchev–Trinajstić information content (AvgIpc) is 2.59. The molecule has 0 amide bonds. The molecule has 0 bridgehead atoms. The van der Waals surface area contributed by atoms with Gasteiger partial charge in [-0.05, 0) is 30.0 Å². The molecule has 3 aromatic rings. The zero-order chi connectivity index (χ0) is 16.4. The summed E-state index contributed by atoms with van der Waals surface area (Å²) >= 11 is 0. The van der Waals surface area contributed by atoms with E-state index >= 15 is 0 Å². The zero-order valence-electron chi connectivity index (χ0n) is 12.8. The Bertz CT molecular complexity index is 681. The van der Waals surface area contributed by atoms with E-state index in [9.17, 15) is 0 Å². The Balaban J connectivity index is 0.000000211. The zero-order valence-corrected chi connectivity index (χ0v) is 12.8. The van der Waals surface area contributed by atoms with Crippen molar-refractivity contribution in [2.75, 3.05) is 7.11 Å². The van der Waals surface area contributed by atoms with Crippen LogP contribution in [0.3, 0.4) is 0 Å². The smallest absolute Gasteiger partial charge is 0.126 e. The van der Waals surface area contributed by atoms with E-state index in [0.29, 0.717) is 5.75 Å². The molecule has 1 N–H and O–H groups in total. The van der Waals surface area contributed by atoms with Gasteiger partial charge in [0, 0.05) is 5.39 Å². The Morgan fingerprint density at radius 3 is 2.05 bits per heavy atom. The molecule has 0 aromatic heterocycles. The molecule has 0 spiro atoms. The Morgan fingerprint density at radius 2 is 1.45 bits per heavy atom. The lowest BCUT2D eigenvalue weighted by Crippen LogP contribution is -1.83. The van der Waals surface area contributed by atoms with Crippen molar-refractivity contribution in [1.29, 1.82) is 0 Å². The summed E-state index contributed by atoms with van der Waals surface area (Å²) in [6.45, 7) is 3.87. The van der Waals surface area contributed by atoms with Crippen molar-refractivity contribution in [3.8, 4) is 11.5 Å². The van der Waals surface area contributed by atoms with Crippen LogP contribution < -0.4 is 4.74 Å². The molecule has 0 fully saturated rings. The van der Waals surface area contributed by atoms with Crippen LogP contribution in [0.2, 0.25) is 0 Å². The number of fused-ring (bicyclic) bond motifs is 1. The van der Waals surface area contributed by atoms with Crippen molar-refractivity contribution in [3.05, 3.63) is 72.3 Å². The van der Waals surface area contributed by atoms with Gasteiger partial charge in [-0.25, -0.2) is 0 Å². The first-order valence-corrected chi connectivity index (χ1v) is 6.77. The summed E-state index contributed by atoms with van der Waals surface area (Å²) < 4.78 is 5.23. The highest BCUT2D eigenvalue weighted by molar-refractivity contribution is 5.88. The topological polar surface area (TPSA) is 46.5 Å². The van der Waals surface area contributed by atoms with E-state index in [4.69, 9.17) is 14.6 Å². The van der Waals surface area contributed by atoms with E-state index in [1.807, 2.05) is 56.2 Å².